The van der Waals surface area contributed by atoms with Crippen molar-refractivity contribution in [3.63, 3.8) is 0 Å². The van der Waals surface area contributed by atoms with E-state index in [1.54, 1.807) is 42.5 Å². The molecule has 2 N–H and O–H groups in total. The van der Waals surface area contributed by atoms with Gasteiger partial charge in [-0.15, -0.1) is 0 Å². The molecule has 0 bridgehead atoms. The van der Waals surface area contributed by atoms with E-state index in [9.17, 15) is 9.18 Å². The van der Waals surface area contributed by atoms with Gasteiger partial charge in [0.2, 0.25) is 0 Å². The third-order valence-corrected chi connectivity index (χ3v) is 4.38. The van der Waals surface area contributed by atoms with E-state index in [0.29, 0.717) is 30.8 Å². The average Bonchev–Trinajstić information content (AvgIpc) is 2.68. The van der Waals surface area contributed by atoms with Crippen LogP contribution in [0, 0.1) is 5.82 Å². The maximum atomic E-state index is 13.9. The predicted molar refractivity (Wildman–Crippen MR) is 95.4 cm³/mol. The summed E-state index contributed by atoms with van der Waals surface area (Å²) in [5.74, 6) is -0.509. The summed E-state index contributed by atoms with van der Waals surface area (Å²) >= 11 is 0. The van der Waals surface area contributed by atoms with Crippen molar-refractivity contribution >= 4 is 5.91 Å². The summed E-state index contributed by atoms with van der Waals surface area (Å²) in [6.45, 7) is 1.07. The summed E-state index contributed by atoms with van der Waals surface area (Å²) < 4.78 is 24.8. The van der Waals surface area contributed by atoms with Gasteiger partial charge in [0, 0.05) is 17.7 Å². The molecule has 26 heavy (non-hydrogen) atoms. The van der Waals surface area contributed by atoms with Crippen molar-refractivity contribution in [2.75, 3.05) is 26.4 Å². The van der Waals surface area contributed by atoms with Crippen LogP contribution in [0.5, 0.6) is 0 Å². The quantitative estimate of drug-likeness (QED) is 0.831. The molecular formula is C20H22FNO4. The first-order chi connectivity index (χ1) is 12.7. The van der Waals surface area contributed by atoms with Crippen LogP contribution in [0.1, 0.15) is 16.8 Å². The van der Waals surface area contributed by atoms with Crippen LogP contribution >= 0.6 is 0 Å². The van der Waals surface area contributed by atoms with Gasteiger partial charge in [0.25, 0.3) is 5.91 Å². The highest BCUT2D eigenvalue weighted by atomic mass is 19.1. The van der Waals surface area contributed by atoms with Crippen LogP contribution < -0.4 is 5.32 Å². The van der Waals surface area contributed by atoms with Crippen molar-refractivity contribution in [2.45, 2.75) is 18.6 Å². The number of aliphatic hydroxyl groups is 1. The Balaban J connectivity index is 1.67. The molecule has 0 aromatic heterocycles. The standard InChI is InChI=1S/C20H22FNO4/c21-17-4-2-1-3-16(17)14-5-7-15(8-6-14)20(24)22-18-9-11-25-13-19(18)26-12-10-23/h1-8,18-19,23H,9-13H2,(H,22,24)/t18-,19-/m1/s1. The van der Waals surface area contributed by atoms with Crippen molar-refractivity contribution in [3.05, 3.63) is 59.9 Å². The number of benzene rings is 2. The molecule has 6 heteroatoms. The predicted octanol–water partition coefficient (Wildman–Crippen LogP) is 2.39. The highest BCUT2D eigenvalue weighted by molar-refractivity contribution is 5.95. The minimum atomic E-state index is -0.296. The van der Waals surface area contributed by atoms with E-state index in [0.717, 1.165) is 5.56 Å². The maximum absolute atomic E-state index is 13.9. The fourth-order valence-electron chi connectivity index (χ4n) is 2.99. The number of ether oxygens (including phenoxy) is 2. The van der Waals surface area contributed by atoms with Gasteiger partial charge in [-0.1, -0.05) is 30.3 Å². The normalized spacial score (nSPS) is 19.9. The number of carbonyl (C=O) groups is 1. The molecule has 3 rings (SSSR count). The first-order valence-electron chi connectivity index (χ1n) is 8.65. The van der Waals surface area contributed by atoms with Gasteiger partial charge in [-0.05, 0) is 30.2 Å². The van der Waals surface area contributed by atoms with Gasteiger partial charge in [-0.25, -0.2) is 4.39 Å². The topological polar surface area (TPSA) is 67.8 Å². The van der Waals surface area contributed by atoms with Gasteiger partial charge in [0.05, 0.1) is 25.9 Å². The first-order valence-corrected chi connectivity index (χ1v) is 8.65. The molecule has 1 saturated heterocycles. The van der Waals surface area contributed by atoms with Crippen LogP contribution in [0.4, 0.5) is 4.39 Å². The third kappa shape index (κ3) is 4.46. The minimum absolute atomic E-state index is 0.0747. The Morgan fingerprint density at radius 3 is 2.73 bits per heavy atom. The fourth-order valence-corrected chi connectivity index (χ4v) is 2.99. The molecule has 1 heterocycles. The van der Waals surface area contributed by atoms with Crippen molar-refractivity contribution in [1.29, 1.82) is 0 Å². The molecule has 0 aliphatic carbocycles. The molecular weight excluding hydrogens is 337 g/mol. The Morgan fingerprint density at radius 1 is 1.23 bits per heavy atom. The summed E-state index contributed by atoms with van der Waals surface area (Å²) in [5, 5.41) is 11.9. The summed E-state index contributed by atoms with van der Waals surface area (Å²) in [4.78, 5) is 12.5. The molecule has 2 aromatic carbocycles. The summed E-state index contributed by atoms with van der Waals surface area (Å²) in [6.07, 6.45) is 0.368. The second-order valence-electron chi connectivity index (χ2n) is 6.13. The Bertz CT molecular complexity index is 735. The zero-order chi connectivity index (χ0) is 18.4. The van der Waals surface area contributed by atoms with Crippen molar-refractivity contribution in [3.8, 4) is 11.1 Å². The lowest BCUT2D eigenvalue weighted by atomic mass is 10.0. The van der Waals surface area contributed by atoms with Crippen LogP contribution in [-0.4, -0.2) is 49.6 Å². The second-order valence-corrected chi connectivity index (χ2v) is 6.13. The van der Waals surface area contributed by atoms with Gasteiger partial charge in [0.1, 0.15) is 11.9 Å². The molecule has 1 aliphatic heterocycles. The number of nitrogens with one attached hydrogen (secondary N) is 1. The van der Waals surface area contributed by atoms with Gasteiger partial charge in [-0.3, -0.25) is 4.79 Å². The Hall–Kier alpha value is -2.28. The van der Waals surface area contributed by atoms with E-state index in [1.165, 1.54) is 6.07 Å². The number of hydrogen-bond donors (Lipinski definition) is 2. The van der Waals surface area contributed by atoms with Crippen molar-refractivity contribution < 1.29 is 23.8 Å². The zero-order valence-electron chi connectivity index (χ0n) is 14.4. The summed E-state index contributed by atoms with van der Waals surface area (Å²) in [7, 11) is 0. The Kier molecular flexibility index (Phi) is 6.33. The van der Waals surface area contributed by atoms with Crippen LogP contribution in [0.15, 0.2) is 48.5 Å². The number of amides is 1. The lowest BCUT2D eigenvalue weighted by Crippen LogP contribution is -2.50. The van der Waals surface area contributed by atoms with E-state index in [4.69, 9.17) is 14.6 Å². The fraction of sp³-hybridized carbons (Fsp3) is 0.350. The van der Waals surface area contributed by atoms with Gasteiger partial charge in [-0.2, -0.15) is 0 Å². The van der Waals surface area contributed by atoms with E-state index in [2.05, 4.69) is 5.32 Å². The van der Waals surface area contributed by atoms with E-state index in [-0.39, 0.29) is 37.1 Å². The zero-order valence-corrected chi connectivity index (χ0v) is 14.4. The number of halogens is 1. The van der Waals surface area contributed by atoms with E-state index in [1.807, 2.05) is 0 Å². The molecule has 1 amide bonds. The van der Waals surface area contributed by atoms with Gasteiger partial charge in [0.15, 0.2) is 0 Å². The SMILES string of the molecule is O=C(N[C@@H]1CCOC[C@H]1OCCO)c1ccc(-c2ccccc2F)cc1. The van der Waals surface area contributed by atoms with Crippen LogP contribution in [0.3, 0.4) is 0 Å². The maximum Gasteiger partial charge on any atom is 0.251 e. The average molecular weight is 359 g/mol. The molecule has 0 saturated carbocycles. The molecule has 0 spiro atoms. The Morgan fingerprint density at radius 2 is 2.00 bits per heavy atom. The van der Waals surface area contributed by atoms with Gasteiger partial charge < -0.3 is 19.9 Å². The van der Waals surface area contributed by atoms with E-state index < -0.39 is 0 Å². The second kappa shape index (κ2) is 8.89. The molecule has 1 aliphatic rings. The third-order valence-electron chi connectivity index (χ3n) is 4.38. The largest absolute Gasteiger partial charge is 0.394 e. The summed E-state index contributed by atoms with van der Waals surface area (Å²) in [5.41, 5.74) is 1.72. The van der Waals surface area contributed by atoms with Crippen molar-refractivity contribution in [2.24, 2.45) is 0 Å². The molecule has 138 valence electrons. The molecule has 5 nitrogen and oxygen atoms in total. The Labute approximate surface area is 151 Å². The van der Waals surface area contributed by atoms with Gasteiger partial charge >= 0.3 is 0 Å². The van der Waals surface area contributed by atoms with Crippen LogP contribution in [-0.2, 0) is 9.47 Å². The number of hydrogen-bond acceptors (Lipinski definition) is 4. The molecule has 0 unspecified atom stereocenters. The lowest BCUT2D eigenvalue weighted by molar-refractivity contribution is -0.0737. The highest BCUT2D eigenvalue weighted by Crippen LogP contribution is 2.23. The molecule has 2 atom stereocenters. The number of carbonyl (C=O) groups excluding carboxylic acids is 1. The van der Waals surface area contributed by atoms with Crippen LogP contribution in [0.2, 0.25) is 0 Å². The van der Waals surface area contributed by atoms with Crippen molar-refractivity contribution in [1.82, 2.24) is 5.32 Å². The molecule has 0 radical (unpaired) electrons. The summed E-state index contributed by atoms with van der Waals surface area (Å²) in [6, 6.07) is 13.2. The number of rotatable bonds is 6. The lowest BCUT2D eigenvalue weighted by Gasteiger charge is -2.32. The first kappa shape index (κ1) is 18.5. The monoisotopic (exact) mass is 359 g/mol. The minimum Gasteiger partial charge on any atom is -0.394 e. The van der Waals surface area contributed by atoms with Crippen LogP contribution in [0.25, 0.3) is 11.1 Å². The smallest absolute Gasteiger partial charge is 0.251 e. The molecule has 1 fully saturated rings. The number of aliphatic hydroxyl groups excluding tert-OH is 1. The van der Waals surface area contributed by atoms with E-state index >= 15 is 0 Å². The molecule has 2 aromatic rings. The highest BCUT2D eigenvalue weighted by Gasteiger charge is 2.28.